The molecule has 0 amide bonds. The zero-order valence-corrected chi connectivity index (χ0v) is 10.2. The molecule has 88 valence electrons. The summed E-state index contributed by atoms with van der Waals surface area (Å²) in [6, 6.07) is 5.50. The third-order valence-corrected chi connectivity index (χ3v) is 4.52. The molecule has 0 aromatic carbocycles. The summed E-state index contributed by atoms with van der Waals surface area (Å²) in [6.45, 7) is 1.88. The molecule has 0 spiro atoms. The van der Waals surface area contributed by atoms with E-state index < -0.39 is 10.0 Å². The van der Waals surface area contributed by atoms with Crippen LogP contribution in [0.15, 0.2) is 24.4 Å². The molecular formula is C11H16N2O2S. The molecule has 1 fully saturated rings. The monoisotopic (exact) mass is 240 g/mol. The van der Waals surface area contributed by atoms with Crippen molar-refractivity contribution < 1.29 is 8.42 Å². The minimum atomic E-state index is -3.19. The van der Waals surface area contributed by atoms with E-state index in [9.17, 15) is 8.42 Å². The van der Waals surface area contributed by atoms with Crippen LogP contribution in [0.4, 0.5) is 5.82 Å². The van der Waals surface area contributed by atoms with Crippen molar-refractivity contribution in [3.8, 4) is 0 Å². The molecule has 1 saturated carbocycles. The van der Waals surface area contributed by atoms with Gasteiger partial charge < -0.3 is 0 Å². The van der Waals surface area contributed by atoms with Crippen molar-refractivity contribution in [1.29, 1.82) is 0 Å². The van der Waals surface area contributed by atoms with E-state index in [4.69, 9.17) is 0 Å². The zero-order chi connectivity index (χ0) is 11.6. The predicted molar refractivity (Wildman–Crippen MR) is 63.8 cm³/mol. The Morgan fingerprint density at radius 1 is 1.44 bits per heavy atom. The number of hydrogen-bond acceptors (Lipinski definition) is 3. The molecule has 0 saturated heterocycles. The Labute approximate surface area is 96.4 Å². The van der Waals surface area contributed by atoms with E-state index in [1.807, 2.05) is 13.0 Å². The lowest BCUT2D eigenvalue weighted by molar-refractivity contribution is 0.588. The molecule has 5 heteroatoms. The van der Waals surface area contributed by atoms with Gasteiger partial charge in [-0.25, -0.2) is 13.4 Å². The average Bonchev–Trinajstić information content (AvgIpc) is 3.03. The Morgan fingerprint density at radius 3 is 2.69 bits per heavy atom. The zero-order valence-electron chi connectivity index (χ0n) is 9.33. The van der Waals surface area contributed by atoms with Crippen molar-refractivity contribution in [1.82, 2.24) is 4.98 Å². The van der Waals surface area contributed by atoms with Crippen LogP contribution >= 0.6 is 0 Å². The Bertz CT molecular complexity index is 440. The number of aromatic nitrogens is 1. The largest absolute Gasteiger partial charge is 0.251 e. The first kappa shape index (κ1) is 11.4. The van der Waals surface area contributed by atoms with Gasteiger partial charge in [0.2, 0.25) is 10.0 Å². The van der Waals surface area contributed by atoms with Gasteiger partial charge in [0.1, 0.15) is 5.82 Å². The van der Waals surface area contributed by atoms with Crippen molar-refractivity contribution in [2.24, 2.45) is 0 Å². The molecular weight excluding hydrogens is 224 g/mol. The van der Waals surface area contributed by atoms with Crippen molar-refractivity contribution in [2.75, 3.05) is 10.1 Å². The fourth-order valence-electron chi connectivity index (χ4n) is 1.71. The maximum atomic E-state index is 12.1. The summed E-state index contributed by atoms with van der Waals surface area (Å²) in [5, 5.41) is 0. The third-order valence-electron chi connectivity index (χ3n) is 2.52. The van der Waals surface area contributed by atoms with Crippen molar-refractivity contribution in [3.63, 3.8) is 0 Å². The fourth-order valence-corrected chi connectivity index (χ4v) is 3.48. The highest BCUT2D eigenvalue weighted by Gasteiger charge is 2.37. The van der Waals surface area contributed by atoms with E-state index in [1.54, 1.807) is 18.3 Å². The van der Waals surface area contributed by atoms with Crippen LogP contribution in [0, 0.1) is 0 Å². The summed E-state index contributed by atoms with van der Waals surface area (Å²) in [7, 11) is -3.19. The fraction of sp³-hybridized carbons (Fsp3) is 0.545. The second-order valence-corrected chi connectivity index (χ2v) is 6.00. The highest BCUT2D eigenvalue weighted by molar-refractivity contribution is 7.92. The summed E-state index contributed by atoms with van der Waals surface area (Å²) >= 11 is 0. The van der Waals surface area contributed by atoms with Gasteiger partial charge in [-0.2, -0.15) is 0 Å². The number of anilines is 1. The van der Waals surface area contributed by atoms with Crippen molar-refractivity contribution in [3.05, 3.63) is 24.4 Å². The van der Waals surface area contributed by atoms with Crippen molar-refractivity contribution >= 4 is 15.8 Å². The molecule has 1 aliphatic carbocycles. The van der Waals surface area contributed by atoms with Crippen LogP contribution in [0.2, 0.25) is 0 Å². The predicted octanol–water partition coefficient (Wildman–Crippen LogP) is 1.79. The molecule has 2 rings (SSSR count). The third kappa shape index (κ3) is 2.35. The van der Waals surface area contributed by atoms with Gasteiger partial charge in [-0.05, 0) is 31.4 Å². The molecule has 0 aliphatic heterocycles. The molecule has 1 heterocycles. The molecule has 0 N–H and O–H groups in total. The van der Waals surface area contributed by atoms with E-state index >= 15 is 0 Å². The van der Waals surface area contributed by atoms with Crippen molar-refractivity contribution in [2.45, 2.75) is 32.2 Å². The van der Waals surface area contributed by atoms with E-state index in [2.05, 4.69) is 4.98 Å². The molecule has 0 bridgehead atoms. The van der Waals surface area contributed by atoms with Gasteiger partial charge in [0.05, 0.1) is 5.75 Å². The Balaban J connectivity index is 2.31. The SMILES string of the molecule is CCCS(=O)(=O)N(c1ccccn1)C1CC1. The normalized spacial score (nSPS) is 16.1. The highest BCUT2D eigenvalue weighted by Crippen LogP contribution is 2.33. The Hall–Kier alpha value is -1.10. The minimum Gasteiger partial charge on any atom is -0.251 e. The number of hydrogen-bond donors (Lipinski definition) is 0. The molecule has 16 heavy (non-hydrogen) atoms. The summed E-state index contributed by atoms with van der Waals surface area (Å²) in [4.78, 5) is 4.14. The van der Waals surface area contributed by atoms with E-state index in [-0.39, 0.29) is 11.8 Å². The van der Waals surface area contributed by atoms with Crippen LogP contribution in [0.3, 0.4) is 0 Å². The van der Waals surface area contributed by atoms with Gasteiger partial charge in [0.25, 0.3) is 0 Å². The average molecular weight is 240 g/mol. The molecule has 1 aromatic heterocycles. The van der Waals surface area contributed by atoms with E-state index in [0.29, 0.717) is 12.2 Å². The smallest absolute Gasteiger partial charge is 0.236 e. The van der Waals surface area contributed by atoms with Gasteiger partial charge >= 0.3 is 0 Å². The van der Waals surface area contributed by atoms with Crippen LogP contribution in [0.25, 0.3) is 0 Å². The molecule has 0 unspecified atom stereocenters. The van der Waals surface area contributed by atoms with Gasteiger partial charge in [-0.1, -0.05) is 13.0 Å². The summed E-state index contributed by atoms with van der Waals surface area (Å²) in [6.07, 6.45) is 4.16. The van der Waals surface area contributed by atoms with Crippen LogP contribution in [-0.2, 0) is 10.0 Å². The summed E-state index contributed by atoms with van der Waals surface area (Å²) in [5.74, 6) is 0.749. The molecule has 1 aromatic rings. The lowest BCUT2D eigenvalue weighted by atomic mass is 10.4. The van der Waals surface area contributed by atoms with Gasteiger partial charge in [-0.15, -0.1) is 0 Å². The molecule has 0 atom stereocenters. The first-order valence-corrected chi connectivity index (χ1v) is 7.19. The van der Waals surface area contributed by atoms with E-state index in [0.717, 1.165) is 12.8 Å². The lowest BCUT2D eigenvalue weighted by Crippen LogP contribution is -2.35. The second kappa shape index (κ2) is 4.41. The van der Waals surface area contributed by atoms with Crippen LogP contribution in [0.5, 0.6) is 0 Å². The number of nitrogens with zero attached hydrogens (tertiary/aromatic N) is 2. The van der Waals surface area contributed by atoms with Gasteiger partial charge in [0.15, 0.2) is 0 Å². The maximum absolute atomic E-state index is 12.1. The maximum Gasteiger partial charge on any atom is 0.236 e. The van der Waals surface area contributed by atoms with Gasteiger partial charge in [-0.3, -0.25) is 4.31 Å². The van der Waals surface area contributed by atoms with Crippen LogP contribution < -0.4 is 4.31 Å². The van der Waals surface area contributed by atoms with E-state index in [1.165, 1.54) is 4.31 Å². The summed E-state index contributed by atoms with van der Waals surface area (Å²) < 4.78 is 25.7. The Kier molecular flexibility index (Phi) is 3.14. The minimum absolute atomic E-state index is 0.131. The second-order valence-electron chi connectivity index (χ2n) is 4.03. The molecule has 4 nitrogen and oxygen atoms in total. The van der Waals surface area contributed by atoms with Gasteiger partial charge in [0, 0.05) is 12.2 Å². The number of pyridine rings is 1. The number of rotatable bonds is 5. The Morgan fingerprint density at radius 2 is 2.19 bits per heavy atom. The molecule has 1 aliphatic rings. The first-order valence-electron chi connectivity index (χ1n) is 5.58. The standard InChI is InChI=1S/C11H16N2O2S/c1-2-9-16(14,15)13(10-6-7-10)11-5-3-4-8-12-11/h3-5,8,10H,2,6-7,9H2,1H3. The summed E-state index contributed by atoms with van der Waals surface area (Å²) in [5.41, 5.74) is 0. The quantitative estimate of drug-likeness (QED) is 0.788. The molecule has 0 radical (unpaired) electrons. The number of sulfonamides is 1. The van der Waals surface area contributed by atoms with Crippen LogP contribution in [-0.4, -0.2) is 25.2 Å². The lowest BCUT2D eigenvalue weighted by Gasteiger charge is -2.22. The first-order chi connectivity index (χ1) is 7.65. The highest BCUT2D eigenvalue weighted by atomic mass is 32.2. The topological polar surface area (TPSA) is 50.3 Å². The van der Waals surface area contributed by atoms with Crippen LogP contribution in [0.1, 0.15) is 26.2 Å².